The number of ether oxygens (including phenoxy) is 3. The first-order valence-corrected chi connectivity index (χ1v) is 14.4. The Morgan fingerprint density at radius 2 is 1.35 bits per heavy atom. The third-order valence-corrected chi connectivity index (χ3v) is 8.16. The predicted molar refractivity (Wildman–Crippen MR) is 162 cm³/mol. The third kappa shape index (κ3) is 4.61. The Morgan fingerprint density at radius 1 is 0.750 bits per heavy atom. The maximum Gasteiger partial charge on any atom is 0.222 e. The zero-order chi connectivity index (χ0) is 28.1. The number of para-hydroxylation sites is 1. The molecule has 3 aromatic carbocycles. The summed E-state index contributed by atoms with van der Waals surface area (Å²) in [5.41, 5.74) is 8.15. The predicted octanol–water partition coefficient (Wildman–Crippen LogP) is 6.02. The largest absolute Gasteiger partial charge is 0.475 e. The Balaban J connectivity index is 1.63. The molecule has 206 valence electrons. The quantitative estimate of drug-likeness (QED) is 0.315. The standard InChI is InChI=1S/C35H38N2O3/c1-19(2)27-17-38-34(36-27)32(35-37-28(18-39-35)20(3)4)24-12-13-26-30(16-24)40-29-11-9-8-10-25(29)33(26)31-22(6)14-21(5)15-23(31)7/h8-16,19-20,27-28H,17-18H2,1-7H3/t27-,28-/m1/s1. The van der Waals surface area contributed by atoms with Gasteiger partial charge in [-0.1, -0.05) is 69.7 Å². The van der Waals surface area contributed by atoms with Crippen molar-refractivity contribution in [3.8, 4) is 11.5 Å². The topological polar surface area (TPSA) is 52.4 Å². The van der Waals surface area contributed by atoms with Gasteiger partial charge in [-0.05, 0) is 72.7 Å². The van der Waals surface area contributed by atoms with Crippen LogP contribution >= 0.6 is 0 Å². The van der Waals surface area contributed by atoms with E-state index in [0.29, 0.717) is 36.8 Å². The molecule has 3 heterocycles. The molecule has 0 unspecified atom stereocenters. The molecule has 0 spiro atoms. The summed E-state index contributed by atoms with van der Waals surface area (Å²) in [7, 11) is 0. The molecular formula is C35H38N2O3. The van der Waals surface area contributed by atoms with Crippen molar-refractivity contribution in [3.63, 3.8) is 0 Å². The Morgan fingerprint density at radius 3 is 1.93 bits per heavy atom. The Bertz CT molecular complexity index is 1620. The van der Waals surface area contributed by atoms with Crippen molar-refractivity contribution in [3.05, 3.63) is 92.9 Å². The number of benzene rings is 3. The summed E-state index contributed by atoms with van der Waals surface area (Å²) >= 11 is 0. The van der Waals surface area contributed by atoms with Crippen molar-refractivity contribution in [2.75, 3.05) is 13.2 Å². The zero-order valence-electron chi connectivity index (χ0n) is 24.5. The van der Waals surface area contributed by atoms with Crippen molar-refractivity contribution in [1.29, 1.82) is 0 Å². The van der Waals surface area contributed by atoms with E-state index in [1.165, 1.54) is 27.8 Å². The molecular weight excluding hydrogens is 496 g/mol. The van der Waals surface area contributed by atoms with Crippen LogP contribution in [0.5, 0.6) is 11.5 Å². The highest BCUT2D eigenvalue weighted by Gasteiger charge is 2.32. The van der Waals surface area contributed by atoms with Gasteiger partial charge in [0, 0.05) is 16.4 Å². The minimum Gasteiger partial charge on any atom is -0.475 e. The van der Waals surface area contributed by atoms with E-state index >= 15 is 0 Å². The fourth-order valence-electron chi connectivity index (χ4n) is 5.91. The molecule has 6 rings (SSSR count). The molecule has 5 heteroatoms. The smallest absolute Gasteiger partial charge is 0.222 e. The van der Waals surface area contributed by atoms with Crippen LogP contribution in [0.1, 0.15) is 55.5 Å². The van der Waals surface area contributed by atoms with Gasteiger partial charge in [-0.2, -0.15) is 0 Å². The minimum atomic E-state index is 0.112. The highest BCUT2D eigenvalue weighted by molar-refractivity contribution is 6.40. The average Bonchev–Trinajstić information content (AvgIpc) is 3.59. The summed E-state index contributed by atoms with van der Waals surface area (Å²) in [5.74, 6) is 3.64. The lowest BCUT2D eigenvalue weighted by Gasteiger charge is -2.23. The van der Waals surface area contributed by atoms with Crippen LogP contribution in [0.4, 0.5) is 0 Å². The number of hydrogen-bond donors (Lipinski definition) is 0. The maximum absolute atomic E-state index is 6.57. The van der Waals surface area contributed by atoms with Crippen LogP contribution in [0.15, 0.2) is 64.6 Å². The molecule has 0 aliphatic carbocycles. The lowest BCUT2D eigenvalue weighted by atomic mass is 9.86. The van der Waals surface area contributed by atoms with E-state index in [0.717, 1.165) is 33.1 Å². The molecule has 0 fully saturated rings. The van der Waals surface area contributed by atoms with E-state index in [-0.39, 0.29) is 12.1 Å². The summed E-state index contributed by atoms with van der Waals surface area (Å²) in [5, 5.41) is 2.00. The lowest BCUT2D eigenvalue weighted by molar-refractivity contribution is 0.288. The molecule has 3 aliphatic heterocycles. The van der Waals surface area contributed by atoms with Gasteiger partial charge in [0.25, 0.3) is 0 Å². The molecule has 0 aromatic heterocycles. The summed E-state index contributed by atoms with van der Waals surface area (Å²) < 4.78 is 19.0. The third-order valence-electron chi connectivity index (χ3n) is 8.16. The normalized spacial score (nSPS) is 19.5. The van der Waals surface area contributed by atoms with Crippen LogP contribution in [-0.2, 0) is 9.47 Å². The van der Waals surface area contributed by atoms with Gasteiger partial charge < -0.3 is 14.2 Å². The average molecular weight is 535 g/mol. The number of fused-ring (bicyclic) bond motifs is 2. The van der Waals surface area contributed by atoms with Crippen LogP contribution in [0.2, 0.25) is 0 Å². The van der Waals surface area contributed by atoms with Crippen LogP contribution in [0, 0.1) is 32.6 Å². The van der Waals surface area contributed by atoms with Gasteiger partial charge in [0.2, 0.25) is 11.8 Å². The molecule has 0 radical (unpaired) electrons. The first-order chi connectivity index (χ1) is 19.2. The van der Waals surface area contributed by atoms with Crippen molar-refractivity contribution in [2.24, 2.45) is 21.8 Å². The fourth-order valence-corrected chi connectivity index (χ4v) is 5.91. The van der Waals surface area contributed by atoms with Crippen molar-refractivity contribution < 1.29 is 14.2 Å². The fraction of sp³-hybridized carbons (Fsp3) is 0.371. The van der Waals surface area contributed by atoms with E-state index in [1.54, 1.807) is 0 Å². The molecule has 3 aromatic rings. The number of rotatable bonds is 5. The molecule has 40 heavy (non-hydrogen) atoms. The Kier molecular flexibility index (Phi) is 6.77. The molecule has 0 amide bonds. The number of nitrogens with zero attached hydrogens (tertiary/aromatic N) is 2. The van der Waals surface area contributed by atoms with Gasteiger partial charge >= 0.3 is 0 Å². The van der Waals surface area contributed by atoms with Crippen molar-refractivity contribution >= 4 is 22.9 Å². The minimum absolute atomic E-state index is 0.112. The van der Waals surface area contributed by atoms with E-state index < -0.39 is 0 Å². The van der Waals surface area contributed by atoms with Crippen LogP contribution in [-0.4, -0.2) is 37.1 Å². The van der Waals surface area contributed by atoms with Gasteiger partial charge in [0.15, 0.2) is 0 Å². The van der Waals surface area contributed by atoms with E-state index in [1.807, 2.05) is 12.1 Å². The van der Waals surface area contributed by atoms with E-state index in [9.17, 15) is 0 Å². The SMILES string of the molecule is Cc1cc(C)c(C2=c3ccc(=C(C4=N[C@@H](C(C)C)CO4)C4=N[C@@H](C(C)C)CO4)cc3Oc3ccccc32)c(C)c1. The van der Waals surface area contributed by atoms with Gasteiger partial charge in [-0.3, -0.25) is 0 Å². The first-order valence-electron chi connectivity index (χ1n) is 14.4. The summed E-state index contributed by atoms with van der Waals surface area (Å²) in [6, 6.07) is 19.4. The molecule has 2 atom stereocenters. The second-order valence-electron chi connectivity index (χ2n) is 11.9. The second-order valence-corrected chi connectivity index (χ2v) is 11.9. The number of aliphatic imine (C=N–C) groups is 2. The zero-order valence-corrected chi connectivity index (χ0v) is 24.5. The Hall–Kier alpha value is -3.86. The van der Waals surface area contributed by atoms with E-state index in [4.69, 9.17) is 24.2 Å². The molecule has 0 saturated heterocycles. The molecule has 3 aliphatic rings. The number of hydrogen-bond acceptors (Lipinski definition) is 5. The van der Waals surface area contributed by atoms with Crippen LogP contribution < -0.4 is 15.2 Å². The molecule has 5 nitrogen and oxygen atoms in total. The van der Waals surface area contributed by atoms with Gasteiger partial charge in [0.05, 0.1) is 12.1 Å². The lowest BCUT2D eigenvalue weighted by Crippen LogP contribution is -2.25. The maximum atomic E-state index is 6.57. The number of aryl methyl sites for hydroxylation is 3. The summed E-state index contributed by atoms with van der Waals surface area (Å²) in [6.07, 6.45) is 0. The van der Waals surface area contributed by atoms with Gasteiger partial charge in [-0.15, -0.1) is 0 Å². The first kappa shape index (κ1) is 26.4. The van der Waals surface area contributed by atoms with Gasteiger partial charge in [0.1, 0.15) is 30.3 Å². The highest BCUT2D eigenvalue weighted by atomic mass is 16.5. The second kappa shape index (κ2) is 10.3. The summed E-state index contributed by atoms with van der Waals surface area (Å²) in [6.45, 7) is 16.4. The van der Waals surface area contributed by atoms with Crippen molar-refractivity contribution in [2.45, 2.75) is 60.5 Å². The molecule has 0 saturated carbocycles. The van der Waals surface area contributed by atoms with Crippen LogP contribution in [0.3, 0.4) is 0 Å². The highest BCUT2D eigenvalue weighted by Crippen LogP contribution is 2.38. The Labute approximate surface area is 236 Å². The monoisotopic (exact) mass is 534 g/mol. The molecule has 0 N–H and O–H groups in total. The summed E-state index contributed by atoms with van der Waals surface area (Å²) in [4.78, 5) is 9.94. The van der Waals surface area contributed by atoms with Crippen LogP contribution in [0.25, 0.3) is 11.1 Å². The van der Waals surface area contributed by atoms with Gasteiger partial charge in [-0.25, -0.2) is 9.98 Å². The van der Waals surface area contributed by atoms with Crippen molar-refractivity contribution in [1.82, 2.24) is 0 Å². The molecule has 0 bridgehead atoms. The van der Waals surface area contributed by atoms with E-state index in [2.05, 4.69) is 90.9 Å².